The Morgan fingerprint density at radius 3 is 2.80 bits per heavy atom. The summed E-state index contributed by atoms with van der Waals surface area (Å²) in [6.45, 7) is 1.71. The number of hydrogen-bond donors (Lipinski definition) is 0. The van der Waals surface area contributed by atoms with Gasteiger partial charge in [0.1, 0.15) is 5.82 Å². The van der Waals surface area contributed by atoms with Crippen molar-refractivity contribution in [3.8, 4) is 11.3 Å². The molecular weight excluding hydrogens is 215 g/mol. The Labute approximate surface area is 91.8 Å². The van der Waals surface area contributed by atoms with Crippen LogP contribution in [0.5, 0.6) is 0 Å². The van der Waals surface area contributed by atoms with Crippen LogP contribution >= 0.6 is 11.6 Å². The summed E-state index contributed by atoms with van der Waals surface area (Å²) in [5.41, 5.74) is 1.93. The van der Waals surface area contributed by atoms with E-state index in [0.29, 0.717) is 11.3 Å². The molecule has 76 valence electrons. The van der Waals surface area contributed by atoms with E-state index in [1.807, 2.05) is 0 Å². The third kappa shape index (κ3) is 1.97. The zero-order valence-corrected chi connectivity index (χ0v) is 8.79. The van der Waals surface area contributed by atoms with Crippen LogP contribution in [0.15, 0.2) is 30.5 Å². The molecule has 2 rings (SSSR count). The lowest BCUT2D eigenvalue weighted by atomic mass is 10.1. The molecule has 0 N–H and O–H groups in total. The van der Waals surface area contributed by atoms with E-state index in [2.05, 4.69) is 9.97 Å². The first-order chi connectivity index (χ1) is 7.18. The van der Waals surface area contributed by atoms with Crippen molar-refractivity contribution in [2.75, 3.05) is 0 Å². The van der Waals surface area contributed by atoms with Crippen molar-refractivity contribution in [3.05, 3.63) is 47.1 Å². The van der Waals surface area contributed by atoms with Gasteiger partial charge in [-0.15, -0.1) is 0 Å². The standard InChI is InChI=1S/C11H8ClFN2/c1-7-8(3-2-4-9(7)13)10-5-6-14-11(12)15-10/h2-6H,1H3. The molecule has 0 atom stereocenters. The Hall–Kier alpha value is -1.48. The van der Waals surface area contributed by atoms with E-state index in [-0.39, 0.29) is 11.1 Å². The molecule has 2 aromatic rings. The topological polar surface area (TPSA) is 25.8 Å². The summed E-state index contributed by atoms with van der Waals surface area (Å²) in [7, 11) is 0. The molecule has 0 unspecified atom stereocenters. The summed E-state index contributed by atoms with van der Waals surface area (Å²) in [6.07, 6.45) is 1.55. The molecule has 0 bridgehead atoms. The van der Waals surface area contributed by atoms with E-state index in [4.69, 9.17) is 11.6 Å². The molecule has 0 aliphatic heterocycles. The lowest BCUT2D eigenvalue weighted by molar-refractivity contribution is 0.619. The summed E-state index contributed by atoms with van der Waals surface area (Å²) in [5.74, 6) is -0.248. The highest BCUT2D eigenvalue weighted by Gasteiger charge is 2.07. The molecule has 0 saturated carbocycles. The molecule has 0 radical (unpaired) electrons. The molecule has 0 aliphatic carbocycles. The molecule has 2 nitrogen and oxygen atoms in total. The normalized spacial score (nSPS) is 10.3. The van der Waals surface area contributed by atoms with Gasteiger partial charge in [-0.2, -0.15) is 0 Å². The van der Waals surface area contributed by atoms with E-state index in [0.717, 1.165) is 5.56 Å². The van der Waals surface area contributed by atoms with Gasteiger partial charge < -0.3 is 0 Å². The monoisotopic (exact) mass is 222 g/mol. The van der Waals surface area contributed by atoms with Crippen LogP contribution in [0, 0.1) is 12.7 Å². The zero-order valence-electron chi connectivity index (χ0n) is 8.04. The van der Waals surface area contributed by atoms with Crippen LogP contribution in [0.1, 0.15) is 5.56 Å². The largest absolute Gasteiger partial charge is 0.226 e. The molecule has 1 aromatic heterocycles. The van der Waals surface area contributed by atoms with E-state index in [9.17, 15) is 4.39 Å². The predicted octanol–water partition coefficient (Wildman–Crippen LogP) is 3.24. The minimum Gasteiger partial charge on any atom is -0.226 e. The minimum absolute atomic E-state index is 0.163. The van der Waals surface area contributed by atoms with Gasteiger partial charge in [0.2, 0.25) is 5.28 Å². The van der Waals surface area contributed by atoms with Gasteiger partial charge in [-0.25, -0.2) is 14.4 Å². The Bertz CT molecular complexity index is 500. The molecular formula is C11H8ClFN2. The highest BCUT2D eigenvalue weighted by molar-refractivity contribution is 6.28. The maximum atomic E-state index is 13.3. The number of benzene rings is 1. The lowest BCUT2D eigenvalue weighted by Gasteiger charge is -2.05. The number of aromatic nitrogens is 2. The van der Waals surface area contributed by atoms with Crippen LogP contribution in [0.25, 0.3) is 11.3 Å². The van der Waals surface area contributed by atoms with Gasteiger partial charge in [0.25, 0.3) is 0 Å². The average molecular weight is 223 g/mol. The Balaban J connectivity index is 2.59. The molecule has 0 saturated heterocycles. The fourth-order valence-corrected chi connectivity index (χ4v) is 1.52. The molecule has 1 heterocycles. The fraction of sp³-hybridized carbons (Fsp3) is 0.0909. The quantitative estimate of drug-likeness (QED) is 0.693. The zero-order chi connectivity index (χ0) is 10.8. The van der Waals surface area contributed by atoms with Gasteiger partial charge in [-0.05, 0) is 36.2 Å². The van der Waals surface area contributed by atoms with Gasteiger partial charge in [-0.3, -0.25) is 0 Å². The highest BCUT2D eigenvalue weighted by Crippen LogP contribution is 2.23. The van der Waals surface area contributed by atoms with Crippen LogP contribution in [-0.4, -0.2) is 9.97 Å². The third-order valence-electron chi connectivity index (χ3n) is 2.17. The molecule has 0 aliphatic rings. The molecule has 15 heavy (non-hydrogen) atoms. The van der Waals surface area contributed by atoms with Crippen molar-refractivity contribution in [3.63, 3.8) is 0 Å². The smallest absolute Gasteiger partial charge is 0.222 e. The van der Waals surface area contributed by atoms with E-state index < -0.39 is 0 Å². The predicted molar refractivity (Wildman–Crippen MR) is 57.2 cm³/mol. The van der Waals surface area contributed by atoms with Crippen molar-refractivity contribution >= 4 is 11.6 Å². The van der Waals surface area contributed by atoms with Crippen LogP contribution < -0.4 is 0 Å². The number of nitrogens with zero attached hydrogens (tertiary/aromatic N) is 2. The molecule has 1 aromatic carbocycles. The van der Waals surface area contributed by atoms with Crippen LogP contribution in [0.4, 0.5) is 4.39 Å². The summed E-state index contributed by atoms with van der Waals surface area (Å²) in [5, 5.41) is 0.163. The van der Waals surface area contributed by atoms with Crippen LogP contribution in [-0.2, 0) is 0 Å². The van der Waals surface area contributed by atoms with Crippen LogP contribution in [0.2, 0.25) is 5.28 Å². The average Bonchev–Trinajstić information content (AvgIpc) is 2.22. The van der Waals surface area contributed by atoms with Gasteiger partial charge >= 0.3 is 0 Å². The summed E-state index contributed by atoms with van der Waals surface area (Å²) in [6, 6.07) is 6.57. The molecule has 0 spiro atoms. The van der Waals surface area contributed by atoms with Crippen molar-refractivity contribution in [2.24, 2.45) is 0 Å². The fourth-order valence-electron chi connectivity index (χ4n) is 1.37. The lowest BCUT2D eigenvalue weighted by Crippen LogP contribution is -1.91. The van der Waals surface area contributed by atoms with E-state index in [1.54, 1.807) is 31.3 Å². The minimum atomic E-state index is -0.248. The number of hydrogen-bond acceptors (Lipinski definition) is 2. The molecule has 4 heteroatoms. The van der Waals surface area contributed by atoms with E-state index in [1.165, 1.54) is 6.07 Å². The SMILES string of the molecule is Cc1c(F)cccc1-c1ccnc(Cl)n1. The second-order valence-corrected chi connectivity index (χ2v) is 3.46. The van der Waals surface area contributed by atoms with Crippen LogP contribution in [0.3, 0.4) is 0 Å². The van der Waals surface area contributed by atoms with Crippen molar-refractivity contribution in [2.45, 2.75) is 6.92 Å². The number of halogens is 2. The Morgan fingerprint density at radius 1 is 1.27 bits per heavy atom. The van der Waals surface area contributed by atoms with Gasteiger partial charge in [0.05, 0.1) is 5.69 Å². The Morgan fingerprint density at radius 2 is 2.07 bits per heavy atom. The molecule has 0 fully saturated rings. The summed E-state index contributed by atoms with van der Waals surface area (Å²) >= 11 is 5.67. The first-order valence-electron chi connectivity index (χ1n) is 4.42. The maximum absolute atomic E-state index is 13.3. The summed E-state index contributed by atoms with van der Waals surface area (Å²) in [4.78, 5) is 7.81. The Kier molecular flexibility index (Phi) is 2.64. The van der Waals surface area contributed by atoms with Crippen molar-refractivity contribution < 1.29 is 4.39 Å². The van der Waals surface area contributed by atoms with Gasteiger partial charge in [0, 0.05) is 11.8 Å². The maximum Gasteiger partial charge on any atom is 0.222 e. The van der Waals surface area contributed by atoms with Gasteiger partial charge in [-0.1, -0.05) is 12.1 Å². The first kappa shape index (κ1) is 10.1. The summed E-state index contributed by atoms with van der Waals surface area (Å²) < 4.78 is 13.3. The van der Waals surface area contributed by atoms with Gasteiger partial charge in [0.15, 0.2) is 0 Å². The van der Waals surface area contributed by atoms with Crippen molar-refractivity contribution in [1.29, 1.82) is 0 Å². The first-order valence-corrected chi connectivity index (χ1v) is 4.80. The second kappa shape index (κ2) is 3.95. The van der Waals surface area contributed by atoms with Crippen molar-refractivity contribution in [1.82, 2.24) is 9.97 Å². The third-order valence-corrected chi connectivity index (χ3v) is 2.35. The molecule has 0 amide bonds. The van der Waals surface area contributed by atoms with E-state index >= 15 is 0 Å². The second-order valence-electron chi connectivity index (χ2n) is 3.12. The number of rotatable bonds is 1. The highest BCUT2D eigenvalue weighted by atomic mass is 35.5.